The summed E-state index contributed by atoms with van der Waals surface area (Å²) in [5, 5.41) is 0. The Balaban J connectivity index is 2.12. The van der Waals surface area contributed by atoms with Gasteiger partial charge in [-0.1, -0.05) is 0 Å². The Kier molecular flexibility index (Phi) is 0.730. The fraction of sp³-hybridized carbons (Fsp3) is 1.00. The zero-order valence-corrected chi connectivity index (χ0v) is 4.89. The molecule has 0 amide bonds. The van der Waals surface area contributed by atoms with Crippen LogP contribution in [0.2, 0.25) is 0 Å². The summed E-state index contributed by atoms with van der Waals surface area (Å²) in [6.07, 6.45) is 2.22. The van der Waals surface area contributed by atoms with E-state index in [1.165, 1.54) is 6.42 Å². The minimum absolute atomic E-state index is 0.264. The molecule has 46 valence electrons. The molecule has 2 aliphatic heterocycles. The third-order valence-corrected chi connectivity index (χ3v) is 1.84. The van der Waals surface area contributed by atoms with Gasteiger partial charge in [-0.15, -0.1) is 0 Å². The van der Waals surface area contributed by atoms with Gasteiger partial charge in [0, 0.05) is 13.0 Å². The Hall–Kier alpha value is -0.120. The first-order valence-corrected chi connectivity index (χ1v) is 2.92. The van der Waals surface area contributed by atoms with Crippen molar-refractivity contribution in [1.29, 1.82) is 0 Å². The second-order valence-corrected chi connectivity index (χ2v) is 2.40. The molecule has 0 saturated carbocycles. The molecule has 2 rings (SSSR count). The van der Waals surface area contributed by atoms with E-state index in [0.29, 0.717) is 0 Å². The van der Waals surface area contributed by atoms with Crippen LogP contribution in [0.3, 0.4) is 0 Å². The van der Waals surface area contributed by atoms with E-state index in [-0.39, 0.29) is 5.91 Å². The summed E-state index contributed by atoms with van der Waals surface area (Å²) in [5.41, 5.74) is 0. The highest BCUT2D eigenvalue weighted by Gasteiger charge is 2.55. The van der Waals surface area contributed by atoms with Gasteiger partial charge in [0.25, 0.3) is 5.91 Å². The molecule has 0 bridgehead atoms. The first-order chi connectivity index (χ1) is 3.83. The first kappa shape index (κ1) is 4.73. The molecular formula is C5H9NO2. The van der Waals surface area contributed by atoms with Gasteiger partial charge >= 0.3 is 0 Å². The van der Waals surface area contributed by atoms with Crippen molar-refractivity contribution >= 4 is 0 Å². The number of hydrogen-bond acceptors (Lipinski definition) is 3. The van der Waals surface area contributed by atoms with E-state index >= 15 is 0 Å². The van der Waals surface area contributed by atoms with Crippen LogP contribution in [0.25, 0.3) is 0 Å². The molecule has 0 aliphatic carbocycles. The summed E-state index contributed by atoms with van der Waals surface area (Å²) in [7, 11) is 2.01. The molecule has 0 aromatic heterocycles. The summed E-state index contributed by atoms with van der Waals surface area (Å²) >= 11 is 0. The van der Waals surface area contributed by atoms with Crippen LogP contribution in [0.1, 0.15) is 12.8 Å². The molecule has 3 nitrogen and oxygen atoms in total. The highest BCUT2D eigenvalue weighted by Crippen LogP contribution is 2.41. The van der Waals surface area contributed by atoms with Crippen molar-refractivity contribution in [3.05, 3.63) is 0 Å². The van der Waals surface area contributed by atoms with E-state index in [2.05, 4.69) is 4.90 Å². The molecule has 0 N–H and O–H groups in total. The van der Waals surface area contributed by atoms with Gasteiger partial charge in [-0.2, -0.15) is 9.78 Å². The lowest BCUT2D eigenvalue weighted by Gasteiger charge is -2.07. The van der Waals surface area contributed by atoms with Crippen molar-refractivity contribution in [3.63, 3.8) is 0 Å². The first-order valence-electron chi connectivity index (χ1n) is 2.92. The van der Waals surface area contributed by atoms with Gasteiger partial charge in [-0.05, 0) is 13.5 Å². The van der Waals surface area contributed by atoms with Gasteiger partial charge in [-0.3, -0.25) is 4.90 Å². The monoisotopic (exact) mass is 115 g/mol. The average molecular weight is 115 g/mol. The van der Waals surface area contributed by atoms with Crippen molar-refractivity contribution in [2.75, 3.05) is 13.6 Å². The lowest BCUT2D eigenvalue weighted by Crippen LogP contribution is -2.27. The Morgan fingerprint density at radius 1 is 1.50 bits per heavy atom. The Morgan fingerprint density at radius 3 is 2.50 bits per heavy atom. The largest absolute Gasteiger partial charge is 0.289 e. The molecule has 0 aromatic carbocycles. The smallest absolute Gasteiger partial charge is 0.251 e. The number of rotatable bonds is 0. The molecule has 3 heteroatoms. The van der Waals surface area contributed by atoms with Gasteiger partial charge in [0.05, 0.1) is 0 Å². The highest BCUT2D eigenvalue weighted by molar-refractivity contribution is 4.80. The third kappa shape index (κ3) is 0.438. The lowest BCUT2D eigenvalue weighted by atomic mass is 10.3. The molecule has 0 radical (unpaired) electrons. The fourth-order valence-corrected chi connectivity index (χ4v) is 1.16. The van der Waals surface area contributed by atoms with Crippen LogP contribution in [0.5, 0.6) is 0 Å². The Bertz CT molecular complexity index is 111. The standard InChI is InChI=1S/C5H9NO2/c1-6-4-2-3-5(6)7-8-5/h2-4H2,1H3. The van der Waals surface area contributed by atoms with Gasteiger partial charge in [0.2, 0.25) is 0 Å². The Labute approximate surface area is 48.1 Å². The van der Waals surface area contributed by atoms with Gasteiger partial charge < -0.3 is 0 Å². The number of likely N-dealkylation sites (tertiary alicyclic amines) is 1. The zero-order valence-electron chi connectivity index (χ0n) is 4.89. The summed E-state index contributed by atoms with van der Waals surface area (Å²) in [4.78, 5) is 11.7. The molecule has 8 heavy (non-hydrogen) atoms. The fourth-order valence-electron chi connectivity index (χ4n) is 1.16. The lowest BCUT2D eigenvalue weighted by molar-refractivity contribution is 0.0850. The van der Waals surface area contributed by atoms with Crippen LogP contribution in [0.4, 0.5) is 0 Å². The predicted octanol–water partition coefficient (Wildman–Crippen LogP) is 0.328. The normalized spacial score (nSPS) is 34.1. The van der Waals surface area contributed by atoms with Gasteiger partial charge in [-0.25, -0.2) is 0 Å². The number of nitrogens with zero attached hydrogens (tertiary/aromatic N) is 1. The molecule has 2 heterocycles. The zero-order chi connectivity index (χ0) is 5.61. The van der Waals surface area contributed by atoms with Crippen molar-refractivity contribution < 1.29 is 9.78 Å². The maximum Gasteiger partial charge on any atom is 0.289 e. The third-order valence-electron chi connectivity index (χ3n) is 1.84. The SMILES string of the molecule is CN1CCCC12OO2. The number of hydrogen-bond donors (Lipinski definition) is 0. The molecule has 1 spiro atoms. The van der Waals surface area contributed by atoms with E-state index < -0.39 is 0 Å². The van der Waals surface area contributed by atoms with E-state index in [1.54, 1.807) is 0 Å². The maximum absolute atomic E-state index is 4.80. The van der Waals surface area contributed by atoms with Crippen LogP contribution in [-0.2, 0) is 9.78 Å². The van der Waals surface area contributed by atoms with Crippen molar-refractivity contribution in [1.82, 2.24) is 4.90 Å². The molecule has 0 unspecified atom stereocenters. The van der Waals surface area contributed by atoms with E-state index in [4.69, 9.17) is 9.78 Å². The molecule has 0 atom stereocenters. The predicted molar refractivity (Wildman–Crippen MR) is 26.8 cm³/mol. The molecule has 2 aliphatic rings. The highest BCUT2D eigenvalue weighted by atomic mass is 17.4. The molecule has 2 saturated heterocycles. The maximum atomic E-state index is 4.80. The van der Waals surface area contributed by atoms with Crippen LogP contribution in [0, 0.1) is 0 Å². The summed E-state index contributed by atoms with van der Waals surface area (Å²) in [6, 6.07) is 0. The summed E-state index contributed by atoms with van der Waals surface area (Å²) < 4.78 is 0. The van der Waals surface area contributed by atoms with Crippen LogP contribution in [-0.4, -0.2) is 24.4 Å². The quantitative estimate of drug-likeness (QED) is 0.336. The van der Waals surface area contributed by atoms with Crippen molar-refractivity contribution in [3.8, 4) is 0 Å². The van der Waals surface area contributed by atoms with Crippen molar-refractivity contribution in [2.45, 2.75) is 18.8 Å². The van der Waals surface area contributed by atoms with E-state index in [0.717, 1.165) is 13.0 Å². The van der Waals surface area contributed by atoms with Gasteiger partial charge in [0.1, 0.15) is 0 Å². The summed E-state index contributed by atoms with van der Waals surface area (Å²) in [5.74, 6) is -0.264. The van der Waals surface area contributed by atoms with Crippen LogP contribution >= 0.6 is 0 Å². The molecule has 0 aromatic rings. The van der Waals surface area contributed by atoms with Crippen LogP contribution in [0.15, 0.2) is 0 Å². The van der Waals surface area contributed by atoms with E-state index in [9.17, 15) is 0 Å². The molecular weight excluding hydrogens is 106 g/mol. The van der Waals surface area contributed by atoms with Gasteiger partial charge in [0.15, 0.2) is 0 Å². The van der Waals surface area contributed by atoms with Crippen LogP contribution < -0.4 is 0 Å². The Morgan fingerprint density at radius 2 is 2.25 bits per heavy atom. The van der Waals surface area contributed by atoms with E-state index in [1.807, 2.05) is 7.05 Å². The summed E-state index contributed by atoms with van der Waals surface area (Å²) in [6.45, 7) is 1.10. The topological polar surface area (TPSA) is 28.3 Å². The second-order valence-electron chi connectivity index (χ2n) is 2.40. The minimum Gasteiger partial charge on any atom is -0.251 e. The second kappa shape index (κ2) is 1.23. The minimum atomic E-state index is -0.264. The average Bonchev–Trinajstić information content (AvgIpc) is 2.39. The molecule has 2 fully saturated rings. The van der Waals surface area contributed by atoms with Crippen molar-refractivity contribution in [2.24, 2.45) is 0 Å².